The number of anilines is 2. The Morgan fingerprint density at radius 1 is 1.19 bits per heavy atom. The lowest BCUT2D eigenvalue weighted by Gasteiger charge is -2.26. The van der Waals surface area contributed by atoms with Crippen molar-refractivity contribution in [2.24, 2.45) is 5.92 Å². The standard InChI is InChI=1S/C20H24N6O/c1-15(2)11-26(20(27)19-7-8-21-13-24-19)18-6-4-5-17(9-18)25(3)12-16-10-22-14-23-16/h4-10,13-15H,11-12H2,1-3H3,(H,22,23). The maximum atomic E-state index is 13.0. The zero-order chi connectivity index (χ0) is 19.2. The monoisotopic (exact) mass is 364 g/mol. The molecule has 0 aliphatic carbocycles. The van der Waals surface area contributed by atoms with Crippen molar-refractivity contribution >= 4 is 17.3 Å². The molecule has 0 unspecified atom stereocenters. The Morgan fingerprint density at radius 2 is 2.00 bits per heavy atom. The van der Waals surface area contributed by atoms with Crippen LogP contribution < -0.4 is 9.80 Å². The minimum atomic E-state index is -0.125. The molecule has 2 aromatic heterocycles. The second kappa shape index (κ2) is 8.44. The van der Waals surface area contributed by atoms with Crippen LogP contribution in [0.25, 0.3) is 0 Å². The Hall–Kier alpha value is -3.22. The molecule has 7 heteroatoms. The molecule has 3 aromatic rings. The highest BCUT2D eigenvalue weighted by Gasteiger charge is 2.20. The largest absolute Gasteiger partial charge is 0.369 e. The van der Waals surface area contributed by atoms with E-state index >= 15 is 0 Å². The number of H-pyrrole nitrogens is 1. The van der Waals surface area contributed by atoms with Crippen LogP contribution in [0.2, 0.25) is 0 Å². The van der Waals surface area contributed by atoms with Crippen LogP contribution in [-0.2, 0) is 6.54 Å². The van der Waals surface area contributed by atoms with E-state index in [4.69, 9.17) is 0 Å². The molecule has 0 aliphatic heterocycles. The highest BCUT2D eigenvalue weighted by molar-refractivity contribution is 6.04. The molecule has 0 saturated carbocycles. The van der Waals surface area contributed by atoms with Gasteiger partial charge in [0.25, 0.3) is 5.91 Å². The average molecular weight is 364 g/mol. The van der Waals surface area contributed by atoms with E-state index in [-0.39, 0.29) is 5.91 Å². The van der Waals surface area contributed by atoms with Gasteiger partial charge >= 0.3 is 0 Å². The van der Waals surface area contributed by atoms with Gasteiger partial charge in [-0.25, -0.2) is 15.0 Å². The third-order valence-electron chi connectivity index (χ3n) is 4.14. The van der Waals surface area contributed by atoms with Crippen molar-refractivity contribution in [1.82, 2.24) is 19.9 Å². The first-order valence-electron chi connectivity index (χ1n) is 8.91. The highest BCUT2D eigenvalue weighted by Crippen LogP contribution is 2.25. The number of carbonyl (C=O) groups excluding carboxylic acids is 1. The summed E-state index contributed by atoms with van der Waals surface area (Å²) in [5.41, 5.74) is 3.29. The minimum absolute atomic E-state index is 0.125. The lowest BCUT2D eigenvalue weighted by molar-refractivity contribution is 0.0979. The lowest BCUT2D eigenvalue weighted by atomic mass is 10.1. The van der Waals surface area contributed by atoms with Crippen LogP contribution in [0.5, 0.6) is 0 Å². The first kappa shape index (κ1) is 18.6. The van der Waals surface area contributed by atoms with Crippen molar-refractivity contribution in [3.63, 3.8) is 0 Å². The third kappa shape index (κ3) is 4.69. The normalized spacial score (nSPS) is 10.8. The number of rotatable bonds is 7. The number of aromatic amines is 1. The molecule has 3 rings (SSSR count). The zero-order valence-electron chi connectivity index (χ0n) is 15.8. The molecular weight excluding hydrogens is 340 g/mol. The minimum Gasteiger partial charge on any atom is -0.369 e. The summed E-state index contributed by atoms with van der Waals surface area (Å²) in [7, 11) is 2.01. The SMILES string of the molecule is CC(C)CN(C(=O)c1ccncn1)c1cccc(N(C)Cc2cnc[nH]2)c1. The quantitative estimate of drug-likeness (QED) is 0.697. The zero-order valence-corrected chi connectivity index (χ0v) is 15.8. The second-order valence-electron chi connectivity index (χ2n) is 6.86. The number of carbonyl (C=O) groups is 1. The fraction of sp³-hybridized carbons (Fsp3) is 0.300. The summed E-state index contributed by atoms with van der Waals surface area (Å²) in [4.78, 5) is 32.1. The van der Waals surface area contributed by atoms with Gasteiger partial charge in [0.2, 0.25) is 0 Å². The Bertz CT molecular complexity index is 863. The van der Waals surface area contributed by atoms with Gasteiger partial charge in [0, 0.05) is 37.4 Å². The van der Waals surface area contributed by atoms with E-state index in [0.717, 1.165) is 17.1 Å². The molecule has 140 valence electrons. The van der Waals surface area contributed by atoms with E-state index < -0.39 is 0 Å². The molecule has 1 aromatic carbocycles. The van der Waals surface area contributed by atoms with Gasteiger partial charge in [-0.2, -0.15) is 0 Å². The van der Waals surface area contributed by atoms with Crippen molar-refractivity contribution in [2.75, 3.05) is 23.4 Å². The van der Waals surface area contributed by atoms with Crippen LogP contribution in [0.15, 0.2) is 55.4 Å². The molecule has 0 atom stereocenters. The summed E-state index contributed by atoms with van der Waals surface area (Å²) < 4.78 is 0. The molecule has 27 heavy (non-hydrogen) atoms. The van der Waals surface area contributed by atoms with Crippen LogP contribution in [0, 0.1) is 5.92 Å². The predicted octanol–water partition coefficient (Wildman–Crippen LogP) is 3.14. The van der Waals surface area contributed by atoms with Gasteiger partial charge in [0.05, 0.1) is 18.6 Å². The van der Waals surface area contributed by atoms with Gasteiger partial charge in [-0.1, -0.05) is 19.9 Å². The Kier molecular flexibility index (Phi) is 5.80. The molecule has 0 saturated heterocycles. The van der Waals surface area contributed by atoms with E-state index in [1.807, 2.05) is 37.5 Å². The van der Waals surface area contributed by atoms with E-state index in [1.165, 1.54) is 6.33 Å². The molecule has 0 aliphatic rings. The van der Waals surface area contributed by atoms with E-state index in [0.29, 0.717) is 24.7 Å². The van der Waals surface area contributed by atoms with E-state index in [2.05, 4.69) is 38.7 Å². The van der Waals surface area contributed by atoms with Gasteiger partial charge < -0.3 is 14.8 Å². The topological polar surface area (TPSA) is 78.0 Å². The van der Waals surface area contributed by atoms with Gasteiger partial charge in [-0.3, -0.25) is 4.79 Å². The number of imidazole rings is 1. The summed E-state index contributed by atoms with van der Waals surface area (Å²) >= 11 is 0. The number of nitrogens with zero attached hydrogens (tertiary/aromatic N) is 5. The van der Waals surface area contributed by atoms with E-state index in [9.17, 15) is 4.79 Å². The molecule has 7 nitrogen and oxygen atoms in total. The average Bonchev–Trinajstić information content (AvgIpc) is 3.19. The van der Waals surface area contributed by atoms with Crippen LogP contribution in [-0.4, -0.2) is 39.4 Å². The Morgan fingerprint density at radius 3 is 2.67 bits per heavy atom. The highest BCUT2D eigenvalue weighted by atomic mass is 16.2. The summed E-state index contributed by atoms with van der Waals surface area (Å²) in [6.45, 7) is 5.49. The van der Waals surface area contributed by atoms with Crippen molar-refractivity contribution < 1.29 is 4.79 Å². The number of nitrogens with one attached hydrogen (secondary N) is 1. The fourth-order valence-corrected chi connectivity index (χ4v) is 2.84. The third-order valence-corrected chi connectivity index (χ3v) is 4.14. The van der Waals surface area contributed by atoms with Gasteiger partial charge in [-0.05, 0) is 30.2 Å². The smallest absolute Gasteiger partial charge is 0.276 e. The van der Waals surface area contributed by atoms with Gasteiger partial charge in [-0.15, -0.1) is 0 Å². The van der Waals surface area contributed by atoms with Crippen LogP contribution in [0.1, 0.15) is 30.0 Å². The number of hydrogen-bond acceptors (Lipinski definition) is 5. The maximum Gasteiger partial charge on any atom is 0.276 e. The molecule has 0 fully saturated rings. The Labute approximate surface area is 159 Å². The number of amides is 1. The number of benzene rings is 1. The molecule has 0 bridgehead atoms. The number of aromatic nitrogens is 4. The van der Waals surface area contributed by atoms with E-state index in [1.54, 1.807) is 23.5 Å². The molecule has 1 N–H and O–H groups in total. The predicted molar refractivity (Wildman–Crippen MR) is 106 cm³/mol. The van der Waals surface area contributed by atoms with Crippen molar-refractivity contribution in [2.45, 2.75) is 20.4 Å². The molecule has 1 amide bonds. The van der Waals surface area contributed by atoms with Gasteiger partial charge in [0.1, 0.15) is 12.0 Å². The fourth-order valence-electron chi connectivity index (χ4n) is 2.84. The molecular formula is C20H24N6O. The molecule has 0 radical (unpaired) electrons. The lowest BCUT2D eigenvalue weighted by Crippen LogP contribution is -2.35. The summed E-state index contributed by atoms with van der Waals surface area (Å²) in [5, 5.41) is 0. The maximum absolute atomic E-state index is 13.0. The second-order valence-corrected chi connectivity index (χ2v) is 6.86. The Balaban J connectivity index is 1.87. The van der Waals surface area contributed by atoms with Crippen molar-refractivity contribution in [3.8, 4) is 0 Å². The van der Waals surface area contributed by atoms with Gasteiger partial charge in [0.15, 0.2) is 0 Å². The summed E-state index contributed by atoms with van der Waals surface area (Å²) in [5.74, 6) is 0.196. The van der Waals surface area contributed by atoms with Crippen molar-refractivity contribution in [3.05, 3.63) is 66.8 Å². The van der Waals surface area contributed by atoms with Crippen molar-refractivity contribution in [1.29, 1.82) is 0 Å². The summed E-state index contributed by atoms with van der Waals surface area (Å²) in [6.07, 6.45) is 6.46. The van der Waals surface area contributed by atoms with Crippen LogP contribution in [0.3, 0.4) is 0 Å². The summed E-state index contributed by atoms with van der Waals surface area (Å²) in [6, 6.07) is 9.62. The molecule has 2 heterocycles. The van der Waals surface area contributed by atoms with Crippen LogP contribution in [0.4, 0.5) is 11.4 Å². The first-order valence-corrected chi connectivity index (χ1v) is 8.91. The first-order chi connectivity index (χ1) is 13.0. The number of hydrogen-bond donors (Lipinski definition) is 1. The molecule has 0 spiro atoms. The van der Waals surface area contributed by atoms with Crippen LogP contribution >= 0.6 is 0 Å².